The van der Waals surface area contributed by atoms with Crippen molar-refractivity contribution in [3.05, 3.63) is 129 Å². The van der Waals surface area contributed by atoms with Crippen LogP contribution >= 0.6 is 11.6 Å². The molecule has 1 atom stereocenters. The van der Waals surface area contributed by atoms with Crippen molar-refractivity contribution in [2.45, 2.75) is 39.4 Å². The number of carbonyl (C=O) groups excluding carboxylic acids is 2. The summed E-state index contributed by atoms with van der Waals surface area (Å²) < 4.78 is 13.0. The van der Waals surface area contributed by atoms with Gasteiger partial charge in [0.2, 0.25) is 0 Å². The van der Waals surface area contributed by atoms with E-state index in [4.69, 9.17) is 21.1 Å². The number of hydrogen-bond acceptors (Lipinski definition) is 7. The first-order chi connectivity index (χ1) is 26.0. The first kappa shape index (κ1) is 37.0. The third-order valence-electron chi connectivity index (χ3n) is 10.9. The zero-order valence-corrected chi connectivity index (χ0v) is 31.8. The molecule has 0 saturated carbocycles. The van der Waals surface area contributed by atoms with E-state index in [0.29, 0.717) is 72.2 Å². The normalized spacial score (nSPS) is 15.9. The van der Waals surface area contributed by atoms with Gasteiger partial charge >= 0.3 is 0 Å². The van der Waals surface area contributed by atoms with E-state index in [0.717, 1.165) is 29.8 Å². The number of nitrogens with zero attached hydrogens (tertiary/aromatic N) is 4. The van der Waals surface area contributed by atoms with Crippen molar-refractivity contribution in [1.29, 1.82) is 0 Å². The van der Waals surface area contributed by atoms with Gasteiger partial charge in [-0.2, -0.15) is 0 Å². The molecule has 5 aromatic rings. The molecule has 0 unspecified atom stereocenters. The quantitative estimate of drug-likeness (QED) is 0.165. The molecule has 54 heavy (non-hydrogen) atoms. The summed E-state index contributed by atoms with van der Waals surface area (Å²) in [6.07, 6.45) is 0.711. The zero-order chi connectivity index (χ0) is 38.1. The number of fused-ring (bicyclic) bond motifs is 1. The molecule has 2 aliphatic rings. The van der Waals surface area contributed by atoms with E-state index in [-0.39, 0.29) is 40.9 Å². The molecule has 2 amide bonds. The molecule has 280 valence electrons. The van der Waals surface area contributed by atoms with E-state index in [1.165, 1.54) is 11.6 Å². The molecule has 2 N–H and O–H groups in total. The van der Waals surface area contributed by atoms with Gasteiger partial charge in [-0.25, -0.2) is 0 Å². The SMILES string of the molecule is COc1cccc(CN(C(=O)c2cc(-c3cc(O)c(Cl)cc3C(=O)N3Cc4ccccc4C[C@H]3CN3CCOCC3)n(C)c2C)c2ccc(O)cc2)c1C. The Kier molecular flexibility index (Phi) is 10.7. The third-order valence-corrected chi connectivity index (χ3v) is 11.2. The number of aromatic hydroxyl groups is 2. The Bertz CT molecular complexity index is 2190. The average Bonchev–Trinajstić information content (AvgIpc) is 3.48. The monoisotopic (exact) mass is 748 g/mol. The lowest BCUT2D eigenvalue weighted by atomic mass is 9.92. The van der Waals surface area contributed by atoms with Crippen LogP contribution < -0.4 is 9.64 Å². The standard InChI is InChI=1S/C43H45ClN4O6/c1-27-30(10-7-11-41(27)53-4)24-47(32-12-14-34(49)15-13-32)42(51)35-22-39(45(3)28(35)2)36-23-40(50)38(44)21-37(36)43(52)48-25-31-9-6-5-8-29(31)20-33(48)26-46-16-18-54-19-17-46/h5-15,21-23,33,49-50H,16-20,24-26H2,1-4H3/t33-/m0/s1. The van der Waals surface area contributed by atoms with Gasteiger partial charge in [0.05, 0.1) is 43.0 Å². The molecule has 0 radical (unpaired) electrons. The van der Waals surface area contributed by atoms with Crippen LogP contribution in [0.25, 0.3) is 11.3 Å². The van der Waals surface area contributed by atoms with E-state index < -0.39 is 0 Å². The van der Waals surface area contributed by atoms with Gasteiger partial charge in [-0.3, -0.25) is 14.5 Å². The van der Waals surface area contributed by atoms with Crippen molar-refractivity contribution in [1.82, 2.24) is 14.4 Å². The van der Waals surface area contributed by atoms with Crippen LogP contribution in [0.2, 0.25) is 5.02 Å². The molecular weight excluding hydrogens is 704 g/mol. The molecule has 0 aliphatic carbocycles. The maximum absolute atomic E-state index is 14.9. The number of halogens is 1. The van der Waals surface area contributed by atoms with Gasteiger partial charge in [-0.05, 0) is 91.1 Å². The number of rotatable bonds is 9. The summed E-state index contributed by atoms with van der Waals surface area (Å²) in [5, 5.41) is 21.1. The number of anilines is 1. The number of morpholine rings is 1. The van der Waals surface area contributed by atoms with Gasteiger partial charge in [0, 0.05) is 61.9 Å². The van der Waals surface area contributed by atoms with Gasteiger partial charge in [0.15, 0.2) is 0 Å². The highest BCUT2D eigenvalue weighted by atomic mass is 35.5. The molecule has 3 heterocycles. The minimum Gasteiger partial charge on any atom is -0.508 e. The molecule has 7 rings (SSSR count). The van der Waals surface area contributed by atoms with Crippen molar-refractivity contribution in [2.24, 2.45) is 7.05 Å². The minimum absolute atomic E-state index is 0.0682. The first-order valence-electron chi connectivity index (χ1n) is 18.1. The summed E-state index contributed by atoms with van der Waals surface area (Å²) in [5.74, 6) is 0.166. The van der Waals surface area contributed by atoms with Crippen LogP contribution in [0.15, 0.2) is 84.9 Å². The summed E-state index contributed by atoms with van der Waals surface area (Å²) >= 11 is 6.55. The lowest BCUT2D eigenvalue weighted by Gasteiger charge is -2.40. The second kappa shape index (κ2) is 15.6. The fraction of sp³-hybridized carbons (Fsp3) is 0.302. The molecule has 0 bridgehead atoms. The Morgan fingerprint density at radius 2 is 1.65 bits per heavy atom. The number of carbonyl (C=O) groups is 2. The van der Waals surface area contributed by atoms with Gasteiger partial charge in [-0.15, -0.1) is 0 Å². The largest absolute Gasteiger partial charge is 0.508 e. The van der Waals surface area contributed by atoms with Gasteiger partial charge in [0.1, 0.15) is 17.2 Å². The molecule has 0 spiro atoms. The van der Waals surface area contributed by atoms with Crippen LogP contribution in [0.3, 0.4) is 0 Å². The topological polar surface area (TPSA) is 108 Å². The maximum atomic E-state index is 14.9. The van der Waals surface area contributed by atoms with E-state index in [1.54, 1.807) is 48.4 Å². The molecule has 4 aromatic carbocycles. The Labute approximate surface area is 320 Å². The number of amides is 2. The molecule has 10 nitrogen and oxygen atoms in total. The average molecular weight is 749 g/mol. The van der Waals surface area contributed by atoms with Crippen LogP contribution in [0, 0.1) is 13.8 Å². The number of aromatic nitrogens is 1. The molecule has 2 aliphatic heterocycles. The Balaban J connectivity index is 1.28. The highest BCUT2D eigenvalue weighted by Crippen LogP contribution is 2.38. The van der Waals surface area contributed by atoms with E-state index in [1.807, 2.05) is 60.7 Å². The Morgan fingerprint density at radius 1 is 0.926 bits per heavy atom. The van der Waals surface area contributed by atoms with Crippen molar-refractivity contribution >= 4 is 29.1 Å². The zero-order valence-electron chi connectivity index (χ0n) is 31.0. The molecule has 1 aromatic heterocycles. The first-order valence-corrected chi connectivity index (χ1v) is 18.5. The number of phenols is 2. The van der Waals surface area contributed by atoms with Gasteiger partial charge in [0.25, 0.3) is 11.8 Å². The highest BCUT2D eigenvalue weighted by Gasteiger charge is 2.34. The number of benzene rings is 4. The lowest BCUT2D eigenvalue weighted by Crippen LogP contribution is -2.52. The molecule has 1 saturated heterocycles. The number of phenolic OH excluding ortho intramolecular Hbond substituents is 2. The summed E-state index contributed by atoms with van der Waals surface area (Å²) in [5.41, 5.74) is 7.21. The van der Waals surface area contributed by atoms with Crippen molar-refractivity contribution in [3.8, 4) is 28.5 Å². The number of methoxy groups -OCH3 is 1. The number of ether oxygens (including phenoxy) is 2. The van der Waals surface area contributed by atoms with Crippen LogP contribution in [-0.2, 0) is 31.3 Å². The van der Waals surface area contributed by atoms with Crippen LogP contribution in [0.5, 0.6) is 17.2 Å². The van der Waals surface area contributed by atoms with E-state index in [2.05, 4.69) is 17.0 Å². The Morgan fingerprint density at radius 3 is 2.37 bits per heavy atom. The summed E-state index contributed by atoms with van der Waals surface area (Å²) in [7, 11) is 3.46. The van der Waals surface area contributed by atoms with Crippen molar-refractivity contribution < 1.29 is 29.3 Å². The second-order valence-corrected chi connectivity index (χ2v) is 14.5. The fourth-order valence-electron chi connectivity index (χ4n) is 7.63. The minimum atomic E-state index is -0.272. The molecule has 1 fully saturated rings. The summed E-state index contributed by atoms with van der Waals surface area (Å²) in [6.45, 7) is 8.11. The van der Waals surface area contributed by atoms with Crippen molar-refractivity contribution in [2.75, 3.05) is 44.9 Å². The highest BCUT2D eigenvalue weighted by molar-refractivity contribution is 6.32. The van der Waals surface area contributed by atoms with E-state index >= 15 is 0 Å². The van der Waals surface area contributed by atoms with Gasteiger partial charge < -0.3 is 34.1 Å². The van der Waals surface area contributed by atoms with Crippen LogP contribution in [0.1, 0.15) is 48.7 Å². The van der Waals surface area contributed by atoms with Gasteiger partial charge in [-0.1, -0.05) is 48.0 Å². The molecular formula is C43H45ClN4O6. The lowest BCUT2D eigenvalue weighted by molar-refractivity contribution is 0.0193. The molecule has 11 heteroatoms. The fourth-order valence-corrected chi connectivity index (χ4v) is 7.79. The summed E-state index contributed by atoms with van der Waals surface area (Å²) in [6, 6.07) is 25.2. The Hall–Kier alpha value is -5.29. The van der Waals surface area contributed by atoms with Crippen LogP contribution in [0.4, 0.5) is 5.69 Å². The predicted octanol–water partition coefficient (Wildman–Crippen LogP) is 7.13. The third kappa shape index (κ3) is 7.29. The smallest absolute Gasteiger partial charge is 0.260 e. The van der Waals surface area contributed by atoms with Crippen LogP contribution in [-0.4, -0.2) is 82.4 Å². The number of hydrogen-bond donors (Lipinski definition) is 2. The van der Waals surface area contributed by atoms with Crippen molar-refractivity contribution in [3.63, 3.8) is 0 Å². The maximum Gasteiger partial charge on any atom is 0.260 e. The predicted molar refractivity (Wildman–Crippen MR) is 210 cm³/mol. The summed E-state index contributed by atoms with van der Waals surface area (Å²) in [4.78, 5) is 35.5. The second-order valence-electron chi connectivity index (χ2n) is 14.1. The van der Waals surface area contributed by atoms with E-state index in [9.17, 15) is 19.8 Å².